The lowest BCUT2D eigenvalue weighted by atomic mass is 9.95. The van der Waals surface area contributed by atoms with Crippen molar-refractivity contribution in [3.8, 4) is 0 Å². The molecular weight excluding hydrogens is 381 g/mol. The Balaban J connectivity index is 1.55. The summed E-state index contributed by atoms with van der Waals surface area (Å²) in [7, 11) is 0. The Hall–Kier alpha value is -2.68. The fourth-order valence-corrected chi connectivity index (χ4v) is 3.73. The van der Waals surface area contributed by atoms with Crippen LogP contribution in [0.15, 0.2) is 42.5 Å². The summed E-state index contributed by atoms with van der Waals surface area (Å²) in [6, 6.07) is 13.4. The molecule has 1 atom stereocenters. The lowest BCUT2D eigenvalue weighted by Crippen LogP contribution is -2.39. The van der Waals surface area contributed by atoms with E-state index < -0.39 is 12.0 Å². The number of alkyl halides is 3. The number of nitrogens with one attached hydrogen (secondary N) is 1. The molecule has 4 rings (SSSR count). The number of likely N-dealkylation sites (tertiary alicyclic amines) is 1. The number of hydrogen-bond donors (Lipinski definition) is 1. The van der Waals surface area contributed by atoms with Crippen molar-refractivity contribution in [3.63, 3.8) is 0 Å². The number of anilines is 1. The molecule has 1 N–H and O–H groups in total. The molecule has 0 amide bonds. The summed E-state index contributed by atoms with van der Waals surface area (Å²) in [5.41, 5.74) is 1.24. The Labute approximate surface area is 166 Å². The fourth-order valence-electron chi connectivity index (χ4n) is 3.73. The van der Waals surface area contributed by atoms with E-state index in [4.69, 9.17) is 0 Å². The van der Waals surface area contributed by atoms with Crippen molar-refractivity contribution >= 4 is 11.5 Å². The number of aromatic nitrogens is 4. The molecule has 6 nitrogen and oxygen atoms in total. The summed E-state index contributed by atoms with van der Waals surface area (Å²) in [6.45, 7) is 4.81. The number of benzene rings is 1. The van der Waals surface area contributed by atoms with E-state index in [1.165, 1.54) is 11.6 Å². The third-order valence-electron chi connectivity index (χ3n) is 5.44. The molecule has 1 aliphatic heterocycles. The van der Waals surface area contributed by atoms with E-state index in [-0.39, 0.29) is 11.7 Å². The van der Waals surface area contributed by atoms with Crippen LogP contribution in [0.25, 0.3) is 5.65 Å². The Morgan fingerprint density at radius 2 is 1.79 bits per heavy atom. The summed E-state index contributed by atoms with van der Waals surface area (Å²) in [6.07, 6.45) is -2.32. The van der Waals surface area contributed by atoms with Crippen molar-refractivity contribution in [2.75, 3.05) is 25.0 Å². The molecule has 1 aromatic carbocycles. The number of fused-ring (bicyclic) bond motifs is 1. The maximum atomic E-state index is 13.1. The van der Waals surface area contributed by atoms with Gasteiger partial charge in [0.15, 0.2) is 5.65 Å². The standard InChI is InChI=1S/C20H23F3N6/c1-14-9-11-28(12-10-14)16(15-5-3-2-4-6-15)13-24-17-7-8-18-25-26-19(20(21,22)23)29(18)27-17/h2-8,14,16H,9-13H2,1H3,(H,24,27). The van der Waals surface area contributed by atoms with Gasteiger partial charge in [0.1, 0.15) is 5.82 Å². The molecule has 1 fully saturated rings. The molecule has 0 radical (unpaired) electrons. The molecule has 0 bridgehead atoms. The molecule has 0 spiro atoms. The van der Waals surface area contributed by atoms with Gasteiger partial charge in [-0.15, -0.1) is 15.3 Å². The van der Waals surface area contributed by atoms with Crippen molar-refractivity contribution in [1.29, 1.82) is 0 Å². The van der Waals surface area contributed by atoms with Gasteiger partial charge in [-0.1, -0.05) is 37.3 Å². The minimum Gasteiger partial charge on any atom is -0.367 e. The summed E-state index contributed by atoms with van der Waals surface area (Å²) in [4.78, 5) is 2.43. The molecule has 2 aromatic heterocycles. The van der Waals surface area contributed by atoms with Gasteiger partial charge in [0.25, 0.3) is 5.82 Å². The van der Waals surface area contributed by atoms with Crippen LogP contribution in [-0.2, 0) is 6.18 Å². The summed E-state index contributed by atoms with van der Waals surface area (Å²) in [5.74, 6) is -0.0517. The highest BCUT2D eigenvalue weighted by Gasteiger charge is 2.37. The van der Waals surface area contributed by atoms with Gasteiger partial charge in [-0.05, 0) is 49.5 Å². The lowest BCUT2D eigenvalue weighted by molar-refractivity contribution is -0.146. The molecule has 29 heavy (non-hydrogen) atoms. The summed E-state index contributed by atoms with van der Waals surface area (Å²) >= 11 is 0. The van der Waals surface area contributed by atoms with E-state index >= 15 is 0 Å². The van der Waals surface area contributed by atoms with Crippen molar-refractivity contribution in [3.05, 3.63) is 53.9 Å². The first-order valence-electron chi connectivity index (χ1n) is 9.74. The monoisotopic (exact) mass is 404 g/mol. The highest BCUT2D eigenvalue weighted by Crippen LogP contribution is 2.29. The van der Waals surface area contributed by atoms with E-state index in [0.717, 1.165) is 30.4 Å². The summed E-state index contributed by atoms with van der Waals surface area (Å²) in [5, 5.41) is 14.0. The van der Waals surface area contributed by atoms with Gasteiger partial charge < -0.3 is 5.32 Å². The van der Waals surface area contributed by atoms with Gasteiger partial charge in [0.05, 0.1) is 6.04 Å². The molecule has 3 aromatic rings. The Morgan fingerprint density at radius 1 is 1.07 bits per heavy atom. The predicted octanol–water partition coefficient (Wildman–Crippen LogP) is 4.03. The van der Waals surface area contributed by atoms with Crippen LogP contribution < -0.4 is 5.32 Å². The maximum absolute atomic E-state index is 13.1. The Bertz CT molecular complexity index is 948. The van der Waals surface area contributed by atoms with Gasteiger partial charge in [0, 0.05) is 6.54 Å². The molecule has 3 heterocycles. The van der Waals surface area contributed by atoms with Crippen molar-refractivity contribution < 1.29 is 13.2 Å². The molecular formula is C20H23F3N6. The quantitative estimate of drug-likeness (QED) is 0.696. The van der Waals surface area contributed by atoms with Crippen LogP contribution >= 0.6 is 0 Å². The van der Waals surface area contributed by atoms with E-state index in [1.54, 1.807) is 6.07 Å². The smallest absolute Gasteiger partial charge is 0.367 e. The predicted molar refractivity (Wildman–Crippen MR) is 103 cm³/mol. The van der Waals surface area contributed by atoms with E-state index in [9.17, 15) is 13.2 Å². The zero-order valence-corrected chi connectivity index (χ0v) is 16.1. The first-order valence-corrected chi connectivity index (χ1v) is 9.74. The van der Waals surface area contributed by atoms with Crippen LogP contribution in [0.2, 0.25) is 0 Å². The topological polar surface area (TPSA) is 58.3 Å². The van der Waals surface area contributed by atoms with Crippen molar-refractivity contribution in [2.24, 2.45) is 5.92 Å². The number of piperidine rings is 1. The van der Waals surface area contributed by atoms with E-state index in [0.29, 0.717) is 18.3 Å². The molecule has 9 heteroatoms. The van der Waals surface area contributed by atoms with Crippen LogP contribution in [0.3, 0.4) is 0 Å². The largest absolute Gasteiger partial charge is 0.453 e. The second-order valence-corrected chi connectivity index (χ2v) is 7.54. The normalized spacial score (nSPS) is 17.5. The highest BCUT2D eigenvalue weighted by molar-refractivity contribution is 5.44. The molecule has 154 valence electrons. The first kappa shape index (κ1) is 19.6. The van der Waals surface area contributed by atoms with E-state index in [1.807, 2.05) is 18.2 Å². The number of hydrogen-bond acceptors (Lipinski definition) is 5. The first-order chi connectivity index (χ1) is 13.9. The zero-order chi connectivity index (χ0) is 20.4. The third kappa shape index (κ3) is 4.34. The number of nitrogens with zero attached hydrogens (tertiary/aromatic N) is 5. The van der Waals surface area contributed by atoms with Gasteiger partial charge in [-0.3, -0.25) is 4.90 Å². The van der Waals surface area contributed by atoms with Gasteiger partial charge in [-0.2, -0.15) is 17.7 Å². The van der Waals surface area contributed by atoms with Crippen LogP contribution in [-0.4, -0.2) is 44.3 Å². The van der Waals surface area contributed by atoms with Gasteiger partial charge >= 0.3 is 6.18 Å². The second-order valence-electron chi connectivity index (χ2n) is 7.54. The average molecular weight is 404 g/mol. The van der Waals surface area contributed by atoms with Gasteiger partial charge in [-0.25, -0.2) is 0 Å². The zero-order valence-electron chi connectivity index (χ0n) is 16.1. The molecule has 0 aliphatic carbocycles. The van der Waals surface area contributed by atoms with E-state index in [2.05, 4.69) is 44.6 Å². The minimum absolute atomic E-state index is 0.0625. The van der Waals surface area contributed by atoms with Crippen LogP contribution in [0.5, 0.6) is 0 Å². The Morgan fingerprint density at radius 3 is 2.48 bits per heavy atom. The van der Waals surface area contributed by atoms with Crippen LogP contribution in [0, 0.1) is 5.92 Å². The van der Waals surface area contributed by atoms with Crippen LogP contribution in [0.1, 0.15) is 37.2 Å². The van der Waals surface area contributed by atoms with Gasteiger partial charge in [0.2, 0.25) is 0 Å². The molecule has 1 unspecified atom stereocenters. The Kier molecular flexibility index (Phi) is 5.40. The molecule has 1 aliphatic rings. The number of rotatable bonds is 5. The van der Waals surface area contributed by atoms with Crippen molar-refractivity contribution in [2.45, 2.75) is 32.0 Å². The van der Waals surface area contributed by atoms with Crippen LogP contribution in [0.4, 0.5) is 19.0 Å². The SMILES string of the molecule is CC1CCN(C(CNc2ccc3nnc(C(F)(F)F)n3n2)c2ccccc2)CC1. The minimum atomic E-state index is -4.61. The number of halogens is 3. The highest BCUT2D eigenvalue weighted by atomic mass is 19.4. The second kappa shape index (κ2) is 7.98. The molecule has 0 saturated carbocycles. The average Bonchev–Trinajstić information content (AvgIpc) is 3.14. The fraction of sp³-hybridized carbons (Fsp3) is 0.450. The lowest BCUT2D eigenvalue weighted by Gasteiger charge is -2.37. The third-order valence-corrected chi connectivity index (χ3v) is 5.44. The molecule has 1 saturated heterocycles. The maximum Gasteiger partial charge on any atom is 0.453 e. The van der Waals surface area contributed by atoms with Crippen molar-refractivity contribution in [1.82, 2.24) is 24.7 Å². The summed E-state index contributed by atoms with van der Waals surface area (Å²) < 4.78 is 40.0.